The number of quaternary nitrogens is 1. The van der Waals surface area contributed by atoms with E-state index in [1.165, 1.54) is 9.58 Å². The molecule has 25 heavy (non-hydrogen) atoms. The van der Waals surface area contributed by atoms with Crippen LogP contribution in [0.15, 0.2) is 29.1 Å². The Balaban J connectivity index is 1.70. The van der Waals surface area contributed by atoms with Crippen molar-refractivity contribution in [3.05, 3.63) is 56.5 Å². The van der Waals surface area contributed by atoms with E-state index in [1.807, 2.05) is 31.2 Å². The molecule has 7 heteroatoms. The minimum atomic E-state index is -0.296. The minimum absolute atomic E-state index is 0.199. The highest BCUT2D eigenvalue weighted by molar-refractivity contribution is 6.30. The molecule has 0 saturated carbocycles. The molecule has 1 N–H and O–H groups in total. The first kappa shape index (κ1) is 17.5. The number of hydrogen-bond donors (Lipinski definition) is 1. The summed E-state index contributed by atoms with van der Waals surface area (Å²) in [6.45, 7) is 7.66. The predicted molar refractivity (Wildman–Crippen MR) is 97.0 cm³/mol. The van der Waals surface area contributed by atoms with Gasteiger partial charge in [-0.25, -0.2) is 0 Å². The number of aromatic nitrogens is 2. The number of halogens is 1. The summed E-state index contributed by atoms with van der Waals surface area (Å²) in [4.78, 5) is 16.0. The molecule has 0 atom stereocenters. The topological polar surface area (TPSA) is 66.4 Å². The predicted octanol–water partition coefficient (Wildman–Crippen LogP) is 0.748. The van der Waals surface area contributed by atoms with Crippen LogP contribution in [0.25, 0.3) is 0 Å². The highest BCUT2D eigenvalue weighted by Crippen LogP contribution is 2.19. The molecule has 0 bridgehead atoms. The molecule has 2 aromatic rings. The quantitative estimate of drug-likeness (QED) is 0.879. The Labute approximate surface area is 151 Å². The third-order valence-corrected chi connectivity index (χ3v) is 5.00. The summed E-state index contributed by atoms with van der Waals surface area (Å²) in [6, 6.07) is 9.88. The van der Waals surface area contributed by atoms with Crippen molar-refractivity contribution in [2.45, 2.75) is 20.5 Å². The lowest BCUT2D eigenvalue weighted by molar-refractivity contribution is -0.924. The number of hydrogen-bond acceptors (Lipinski definition) is 4. The second-order valence-corrected chi connectivity index (χ2v) is 6.81. The second-order valence-electron chi connectivity index (χ2n) is 6.38. The summed E-state index contributed by atoms with van der Waals surface area (Å²) in [5, 5.41) is 14.3. The lowest BCUT2D eigenvalue weighted by atomic mass is 10.1. The van der Waals surface area contributed by atoms with Crippen LogP contribution in [0, 0.1) is 25.2 Å². The van der Waals surface area contributed by atoms with Crippen molar-refractivity contribution in [3.63, 3.8) is 0 Å². The van der Waals surface area contributed by atoms with Crippen LogP contribution in [0.4, 0.5) is 5.69 Å². The Morgan fingerprint density at radius 1 is 1.32 bits per heavy atom. The number of nitriles is 1. The van der Waals surface area contributed by atoms with Gasteiger partial charge in [-0.15, -0.1) is 0 Å². The van der Waals surface area contributed by atoms with Gasteiger partial charge in [-0.05, 0) is 37.6 Å². The molecule has 0 spiro atoms. The zero-order valence-electron chi connectivity index (χ0n) is 14.4. The van der Waals surface area contributed by atoms with E-state index in [0.717, 1.165) is 42.6 Å². The number of nitrogens with zero attached hydrogens (tertiary/aromatic N) is 4. The maximum atomic E-state index is 12.4. The fraction of sp³-hybridized carbons (Fsp3) is 0.389. The maximum absolute atomic E-state index is 12.4. The third kappa shape index (κ3) is 3.68. The van der Waals surface area contributed by atoms with Crippen molar-refractivity contribution in [3.8, 4) is 6.07 Å². The number of rotatable bonds is 3. The average Bonchev–Trinajstić information content (AvgIpc) is 2.61. The van der Waals surface area contributed by atoms with Crippen molar-refractivity contribution in [2.75, 3.05) is 31.1 Å². The molecule has 1 aromatic carbocycles. The highest BCUT2D eigenvalue weighted by atomic mass is 35.5. The summed E-state index contributed by atoms with van der Waals surface area (Å²) >= 11 is 6.07. The lowest BCUT2D eigenvalue weighted by Crippen LogP contribution is -3.14. The van der Waals surface area contributed by atoms with Crippen LogP contribution in [0.3, 0.4) is 0 Å². The first-order chi connectivity index (χ1) is 12.0. The molecule has 6 nitrogen and oxygen atoms in total. The normalized spacial score (nSPS) is 15.2. The number of aryl methyl sites for hydroxylation is 1. The highest BCUT2D eigenvalue weighted by Gasteiger charge is 2.22. The number of piperazine rings is 1. The average molecular weight is 359 g/mol. The molecule has 0 aliphatic carbocycles. The van der Waals surface area contributed by atoms with Crippen molar-refractivity contribution >= 4 is 17.3 Å². The molecule has 1 saturated heterocycles. The summed E-state index contributed by atoms with van der Waals surface area (Å²) in [5.41, 5.74) is 2.43. The van der Waals surface area contributed by atoms with Crippen LogP contribution in [0.1, 0.15) is 16.8 Å². The SMILES string of the molecule is Cc1nn(C[NH+]2CCN(c3cccc(Cl)c3)CC2)c(=O)c(C#N)c1C. The first-order valence-corrected chi connectivity index (χ1v) is 8.70. The molecule has 1 aliphatic rings. The van der Waals surface area contributed by atoms with Crippen molar-refractivity contribution < 1.29 is 4.90 Å². The van der Waals surface area contributed by atoms with Gasteiger partial charge in [0.2, 0.25) is 0 Å². The lowest BCUT2D eigenvalue weighted by Gasteiger charge is -2.33. The smallest absolute Gasteiger partial charge is 0.289 e. The van der Waals surface area contributed by atoms with E-state index in [-0.39, 0.29) is 11.1 Å². The van der Waals surface area contributed by atoms with Gasteiger partial charge >= 0.3 is 0 Å². The van der Waals surface area contributed by atoms with Gasteiger partial charge in [-0.1, -0.05) is 17.7 Å². The van der Waals surface area contributed by atoms with Gasteiger partial charge in [0.25, 0.3) is 5.56 Å². The Bertz CT molecular complexity index is 878. The van der Waals surface area contributed by atoms with Gasteiger partial charge in [-0.3, -0.25) is 4.79 Å². The molecule has 1 fully saturated rings. The Morgan fingerprint density at radius 2 is 2.04 bits per heavy atom. The van der Waals surface area contributed by atoms with E-state index in [4.69, 9.17) is 11.6 Å². The molecular formula is C18H21ClN5O+. The van der Waals surface area contributed by atoms with Gasteiger partial charge < -0.3 is 9.80 Å². The van der Waals surface area contributed by atoms with E-state index >= 15 is 0 Å². The van der Waals surface area contributed by atoms with Crippen LogP contribution in [-0.4, -0.2) is 36.0 Å². The zero-order valence-corrected chi connectivity index (χ0v) is 15.2. The molecule has 0 unspecified atom stereocenters. The maximum Gasteiger partial charge on any atom is 0.289 e. The van der Waals surface area contributed by atoms with Crippen LogP contribution >= 0.6 is 11.6 Å². The van der Waals surface area contributed by atoms with E-state index < -0.39 is 0 Å². The van der Waals surface area contributed by atoms with E-state index in [2.05, 4.69) is 16.1 Å². The number of anilines is 1. The first-order valence-electron chi connectivity index (χ1n) is 8.32. The molecule has 130 valence electrons. The summed E-state index contributed by atoms with van der Waals surface area (Å²) in [7, 11) is 0. The van der Waals surface area contributed by atoms with E-state index in [9.17, 15) is 10.1 Å². The monoisotopic (exact) mass is 358 g/mol. The van der Waals surface area contributed by atoms with Gasteiger partial charge in [0.1, 0.15) is 11.6 Å². The minimum Gasteiger partial charge on any atom is -0.360 e. The van der Waals surface area contributed by atoms with Crippen LogP contribution in [0.5, 0.6) is 0 Å². The third-order valence-electron chi connectivity index (χ3n) is 4.77. The van der Waals surface area contributed by atoms with Crippen molar-refractivity contribution in [1.29, 1.82) is 5.26 Å². The Morgan fingerprint density at radius 3 is 2.68 bits per heavy atom. The molecule has 1 aliphatic heterocycles. The Hall–Kier alpha value is -2.36. The van der Waals surface area contributed by atoms with Gasteiger partial charge in [-0.2, -0.15) is 15.0 Å². The van der Waals surface area contributed by atoms with Crippen molar-refractivity contribution in [1.82, 2.24) is 9.78 Å². The van der Waals surface area contributed by atoms with E-state index in [0.29, 0.717) is 12.2 Å². The van der Waals surface area contributed by atoms with Crippen LogP contribution in [0.2, 0.25) is 5.02 Å². The number of nitrogens with one attached hydrogen (secondary N) is 1. The second kappa shape index (κ2) is 7.26. The fourth-order valence-electron chi connectivity index (χ4n) is 3.13. The van der Waals surface area contributed by atoms with Gasteiger partial charge in [0, 0.05) is 10.7 Å². The van der Waals surface area contributed by atoms with Crippen molar-refractivity contribution in [2.24, 2.45) is 0 Å². The Kier molecular flexibility index (Phi) is 5.07. The molecule has 2 heterocycles. The van der Waals surface area contributed by atoms with Crippen LogP contribution < -0.4 is 15.4 Å². The molecule has 1 aromatic heterocycles. The zero-order chi connectivity index (χ0) is 18.0. The largest absolute Gasteiger partial charge is 0.360 e. The molecule has 3 rings (SSSR count). The standard InChI is InChI=1S/C18H20ClN5O/c1-13-14(2)21-24(18(25)17(13)11-20)12-22-6-8-23(9-7-22)16-5-3-4-15(19)10-16/h3-5,10H,6-9,12H2,1-2H3/p+1. The summed E-state index contributed by atoms with van der Waals surface area (Å²) in [6.07, 6.45) is 0. The summed E-state index contributed by atoms with van der Waals surface area (Å²) < 4.78 is 1.44. The molecular weight excluding hydrogens is 338 g/mol. The molecule has 0 amide bonds. The van der Waals surface area contributed by atoms with E-state index in [1.54, 1.807) is 6.92 Å². The van der Waals surface area contributed by atoms with Gasteiger partial charge in [0.15, 0.2) is 6.67 Å². The van der Waals surface area contributed by atoms with Crippen LogP contribution in [-0.2, 0) is 6.67 Å². The fourth-order valence-corrected chi connectivity index (χ4v) is 3.32. The summed E-state index contributed by atoms with van der Waals surface area (Å²) in [5.74, 6) is 0. The number of benzene rings is 1. The molecule has 0 radical (unpaired) electrons. The van der Waals surface area contributed by atoms with Gasteiger partial charge in [0.05, 0.1) is 31.9 Å².